The molecule has 2 aromatic carbocycles. The first kappa shape index (κ1) is 18.0. The smallest absolute Gasteiger partial charge is 0.0991 e. The molecule has 0 saturated carbocycles. The van der Waals surface area contributed by atoms with E-state index >= 15 is 0 Å². The monoisotopic (exact) mass is 414 g/mol. The highest BCUT2D eigenvalue weighted by Crippen LogP contribution is 2.47. The van der Waals surface area contributed by atoms with Crippen molar-refractivity contribution in [2.45, 2.75) is 22.7 Å². The van der Waals surface area contributed by atoms with Gasteiger partial charge in [-0.1, -0.05) is 47.5 Å². The summed E-state index contributed by atoms with van der Waals surface area (Å²) in [6.45, 7) is 1.53. The summed E-state index contributed by atoms with van der Waals surface area (Å²) >= 11 is 14.8. The average molecular weight is 415 g/mol. The maximum Gasteiger partial charge on any atom is 0.0991 e. The van der Waals surface area contributed by atoms with Crippen LogP contribution in [0, 0.1) is 0 Å². The quantitative estimate of drug-likeness (QED) is 0.397. The summed E-state index contributed by atoms with van der Waals surface area (Å²) < 4.78 is 16.9. The number of hydrogen-bond donors (Lipinski definition) is 0. The van der Waals surface area contributed by atoms with E-state index in [-0.39, 0.29) is 22.7 Å². The van der Waals surface area contributed by atoms with Crippen LogP contribution in [0.2, 0.25) is 10.0 Å². The lowest BCUT2D eigenvalue weighted by atomic mass is 10.1. The van der Waals surface area contributed by atoms with E-state index in [1.807, 2.05) is 48.5 Å². The fourth-order valence-corrected chi connectivity index (χ4v) is 4.75. The molecule has 0 bridgehead atoms. The number of benzene rings is 2. The van der Waals surface area contributed by atoms with E-state index in [1.165, 1.54) is 24.1 Å². The molecule has 0 aromatic heterocycles. The van der Waals surface area contributed by atoms with Gasteiger partial charge in [0.25, 0.3) is 0 Å². The fraction of sp³-hybridized carbons (Fsp3) is 0.333. The number of halogens is 2. The van der Waals surface area contributed by atoms with Gasteiger partial charge in [0.15, 0.2) is 0 Å². The second kappa shape index (κ2) is 8.09. The molecule has 25 heavy (non-hydrogen) atoms. The topological polar surface area (TPSA) is 34.3 Å². The molecule has 0 radical (unpaired) electrons. The predicted molar refractivity (Wildman–Crippen MR) is 104 cm³/mol. The number of hydrogen-bond acceptors (Lipinski definition) is 5. The van der Waals surface area contributed by atoms with Gasteiger partial charge in [-0.3, -0.25) is 0 Å². The van der Waals surface area contributed by atoms with Crippen molar-refractivity contribution in [2.24, 2.45) is 0 Å². The second-order valence-electron chi connectivity index (χ2n) is 5.95. The SMILES string of the molecule is Clc1ccc(C(SOSC(c2ccc(Cl)cc2)C2CO2)C2CO2)cc1. The van der Waals surface area contributed by atoms with Crippen molar-refractivity contribution in [2.75, 3.05) is 13.2 Å². The standard InChI is InChI=1S/C18H16Cl2O3S2/c19-13-5-1-11(2-6-13)17(15-9-21-15)24-23-25-18(16-10-22-16)12-3-7-14(20)8-4-12/h1-8,15-18H,9-10H2. The molecule has 7 heteroatoms. The van der Waals surface area contributed by atoms with Crippen LogP contribution in [0.4, 0.5) is 0 Å². The van der Waals surface area contributed by atoms with Gasteiger partial charge in [-0.25, -0.2) is 3.63 Å². The highest BCUT2D eigenvalue weighted by molar-refractivity contribution is 8.08. The molecule has 2 fully saturated rings. The number of ether oxygens (including phenoxy) is 2. The van der Waals surface area contributed by atoms with Crippen molar-refractivity contribution in [3.05, 3.63) is 69.7 Å². The third-order valence-corrected chi connectivity index (χ3v) is 6.78. The van der Waals surface area contributed by atoms with Crippen molar-refractivity contribution in [3.63, 3.8) is 0 Å². The highest BCUT2D eigenvalue weighted by Gasteiger charge is 2.38. The molecule has 0 amide bonds. The lowest BCUT2D eigenvalue weighted by molar-refractivity contribution is 0.400. The van der Waals surface area contributed by atoms with E-state index in [4.69, 9.17) is 36.3 Å². The molecular weight excluding hydrogens is 399 g/mol. The van der Waals surface area contributed by atoms with E-state index < -0.39 is 0 Å². The van der Waals surface area contributed by atoms with Gasteiger partial charge in [0.05, 0.1) is 35.9 Å². The molecule has 0 aliphatic carbocycles. The van der Waals surface area contributed by atoms with Gasteiger partial charge < -0.3 is 9.47 Å². The van der Waals surface area contributed by atoms with Crippen LogP contribution in [0.15, 0.2) is 48.5 Å². The number of rotatable bonds is 8. The fourth-order valence-electron chi connectivity index (χ4n) is 2.54. The molecule has 132 valence electrons. The Morgan fingerprint density at radius 2 is 1.12 bits per heavy atom. The zero-order valence-electron chi connectivity index (χ0n) is 13.1. The summed E-state index contributed by atoms with van der Waals surface area (Å²) in [5.41, 5.74) is 2.31. The zero-order chi connectivity index (χ0) is 17.2. The van der Waals surface area contributed by atoms with Gasteiger partial charge in [-0.05, 0) is 35.4 Å². The summed E-state index contributed by atoms with van der Waals surface area (Å²) in [4.78, 5) is 0. The van der Waals surface area contributed by atoms with Crippen LogP contribution >= 0.6 is 47.3 Å². The first-order valence-corrected chi connectivity index (χ1v) is 10.3. The van der Waals surface area contributed by atoms with E-state index in [0.717, 1.165) is 34.4 Å². The molecule has 2 saturated heterocycles. The van der Waals surface area contributed by atoms with Crippen molar-refractivity contribution in [1.29, 1.82) is 0 Å². The first-order valence-electron chi connectivity index (χ1n) is 7.93. The first-order chi connectivity index (χ1) is 12.2. The lowest BCUT2D eigenvalue weighted by Crippen LogP contribution is -2.04. The molecular formula is C18H16Cl2O3S2. The Morgan fingerprint density at radius 3 is 1.44 bits per heavy atom. The van der Waals surface area contributed by atoms with Gasteiger partial charge in [-0.15, -0.1) is 0 Å². The minimum Gasteiger partial charge on any atom is -0.371 e. The highest BCUT2D eigenvalue weighted by atomic mass is 35.5. The van der Waals surface area contributed by atoms with Crippen LogP contribution in [0.3, 0.4) is 0 Å². The van der Waals surface area contributed by atoms with E-state index in [0.29, 0.717) is 0 Å². The number of epoxide rings is 2. The Hall–Kier alpha value is -0.400. The Kier molecular flexibility index (Phi) is 5.82. The largest absolute Gasteiger partial charge is 0.371 e. The normalized spacial score (nSPS) is 23.9. The summed E-state index contributed by atoms with van der Waals surface area (Å²) in [6.07, 6.45) is 0.385. The summed E-state index contributed by atoms with van der Waals surface area (Å²) in [5, 5.41) is 1.73. The third-order valence-electron chi connectivity index (χ3n) is 4.08. The van der Waals surface area contributed by atoms with Crippen LogP contribution < -0.4 is 0 Å². The minimum atomic E-state index is 0.135. The van der Waals surface area contributed by atoms with Crippen LogP contribution in [0.5, 0.6) is 0 Å². The van der Waals surface area contributed by atoms with Crippen LogP contribution in [0.25, 0.3) is 0 Å². The maximum atomic E-state index is 5.98. The van der Waals surface area contributed by atoms with Crippen LogP contribution in [-0.2, 0) is 13.1 Å². The predicted octanol–water partition coefficient (Wildman–Crippen LogP) is 5.89. The molecule has 2 aliphatic rings. The lowest BCUT2D eigenvalue weighted by Gasteiger charge is -2.17. The molecule has 4 unspecified atom stereocenters. The Bertz CT molecular complexity index is 642. The summed E-state index contributed by atoms with van der Waals surface area (Å²) in [7, 11) is 0. The molecule has 4 atom stereocenters. The van der Waals surface area contributed by atoms with E-state index in [9.17, 15) is 0 Å². The molecule has 4 rings (SSSR count). The Morgan fingerprint density at radius 1 is 0.760 bits per heavy atom. The van der Waals surface area contributed by atoms with E-state index in [2.05, 4.69) is 0 Å². The molecule has 2 heterocycles. The minimum absolute atomic E-state index is 0.135. The summed E-state index contributed by atoms with van der Waals surface area (Å²) in [6, 6.07) is 15.7. The summed E-state index contributed by atoms with van der Waals surface area (Å²) in [5.74, 6) is 0. The van der Waals surface area contributed by atoms with Gasteiger partial charge in [0.1, 0.15) is 0 Å². The molecule has 2 aromatic rings. The maximum absolute atomic E-state index is 5.98. The van der Waals surface area contributed by atoms with Gasteiger partial charge in [0, 0.05) is 34.1 Å². The van der Waals surface area contributed by atoms with Crippen molar-refractivity contribution in [3.8, 4) is 0 Å². The van der Waals surface area contributed by atoms with Gasteiger partial charge in [0.2, 0.25) is 0 Å². The van der Waals surface area contributed by atoms with Crippen LogP contribution in [-0.4, -0.2) is 25.4 Å². The van der Waals surface area contributed by atoms with Crippen molar-refractivity contribution >= 4 is 47.3 Å². The Labute approximate surface area is 165 Å². The van der Waals surface area contributed by atoms with Crippen molar-refractivity contribution in [1.82, 2.24) is 0 Å². The van der Waals surface area contributed by atoms with E-state index in [1.54, 1.807) is 0 Å². The van der Waals surface area contributed by atoms with Crippen molar-refractivity contribution < 1.29 is 13.1 Å². The average Bonchev–Trinajstić information content (AvgIpc) is 3.51. The molecule has 3 nitrogen and oxygen atoms in total. The van der Waals surface area contributed by atoms with Crippen LogP contribution in [0.1, 0.15) is 21.6 Å². The molecule has 2 aliphatic heterocycles. The second-order valence-corrected chi connectivity index (χ2v) is 8.77. The zero-order valence-corrected chi connectivity index (χ0v) is 16.3. The van der Waals surface area contributed by atoms with Gasteiger partial charge in [-0.2, -0.15) is 0 Å². The molecule has 0 spiro atoms. The van der Waals surface area contributed by atoms with Gasteiger partial charge >= 0.3 is 0 Å². The third kappa shape index (κ3) is 4.86. The molecule has 0 N–H and O–H groups in total. The Balaban J connectivity index is 1.38.